The molecule has 1 atom stereocenters. The quantitative estimate of drug-likeness (QED) is 0.689. The summed E-state index contributed by atoms with van der Waals surface area (Å²) in [5.41, 5.74) is 2.46. The number of carbonyl (C=O) groups excluding carboxylic acids is 2. The Hall–Kier alpha value is -1.85. The van der Waals surface area contributed by atoms with Gasteiger partial charge in [0.25, 0.3) is 0 Å². The minimum atomic E-state index is -0.348. The highest BCUT2D eigenvalue weighted by molar-refractivity contribution is 7.17. The number of nitrogens with one attached hydrogen (secondary N) is 1. The standard InChI is InChI=1S/C21H24ClNO3S/c1-12(2)26-21(25)19-16-9-4-13(3)10-17(16)27-20(19)23-18(24)11-14-5-7-15(22)8-6-14/h5-8,12-13H,4,9-11H2,1-3H3,(H,23,24). The molecular formula is C21H24ClNO3S. The molecule has 1 aromatic carbocycles. The molecule has 1 N–H and O–H groups in total. The van der Waals surface area contributed by atoms with Gasteiger partial charge in [0, 0.05) is 9.90 Å². The molecule has 3 rings (SSSR count). The van der Waals surface area contributed by atoms with Crippen molar-refractivity contribution in [1.29, 1.82) is 0 Å². The maximum Gasteiger partial charge on any atom is 0.341 e. The second-order valence-corrected chi connectivity index (χ2v) is 8.90. The zero-order valence-electron chi connectivity index (χ0n) is 15.8. The van der Waals surface area contributed by atoms with Gasteiger partial charge >= 0.3 is 5.97 Å². The zero-order chi connectivity index (χ0) is 19.6. The maximum absolute atomic E-state index is 12.7. The molecule has 0 saturated carbocycles. The number of rotatable bonds is 5. The largest absolute Gasteiger partial charge is 0.459 e. The van der Waals surface area contributed by atoms with Crippen LogP contribution in [0.3, 0.4) is 0 Å². The van der Waals surface area contributed by atoms with Crippen molar-refractivity contribution >= 4 is 39.8 Å². The van der Waals surface area contributed by atoms with Crippen LogP contribution < -0.4 is 5.32 Å². The van der Waals surface area contributed by atoms with E-state index in [1.165, 1.54) is 16.2 Å². The summed E-state index contributed by atoms with van der Waals surface area (Å²) in [5, 5.41) is 4.19. The minimum absolute atomic E-state index is 0.150. The van der Waals surface area contributed by atoms with Crippen molar-refractivity contribution in [1.82, 2.24) is 0 Å². The smallest absolute Gasteiger partial charge is 0.341 e. The van der Waals surface area contributed by atoms with Crippen molar-refractivity contribution in [2.24, 2.45) is 5.92 Å². The van der Waals surface area contributed by atoms with E-state index in [2.05, 4.69) is 12.2 Å². The number of carbonyl (C=O) groups is 2. The summed E-state index contributed by atoms with van der Waals surface area (Å²) in [6.07, 6.45) is 2.86. The number of fused-ring (bicyclic) bond motifs is 1. The van der Waals surface area contributed by atoms with E-state index in [0.717, 1.165) is 30.4 Å². The summed E-state index contributed by atoms with van der Waals surface area (Å²) in [4.78, 5) is 26.4. The molecule has 27 heavy (non-hydrogen) atoms. The van der Waals surface area contributed by atoms with Gasteiger partial charge in [0.1, 0.15) is 5.00 Å². The van der Waals surface area contributed by atoms with Gasteiger partial charge in [-0.05, 0) is 62.3 Å². The summed E-state index contributed by atoms with van der Waals surface area (Å²) in [6, 6.07) is 7.19. The number of thiophene rings is 1. The normalized spacial score (nSPS) is 16.1. The highest BCUT2D eigenvalue weighted by Crippen LogP contribution is 2.40. The van der Waals surface area contributed by atoms with Crippen LogP contribution in [0.2, 0.25) is 5.02 Å². The Labute approximate surface area is 168 Å². The molecule has 1 amide bonds. The molecule has 0 fully saturated rings. The molecule has 0 saturated heterocycles. The van der Waals surface area contributed by atoms with Gasteiger partial charge in [-0.2, -0.15) is 0 Å². The zero-order valence-corrected chi connectivity index (χ0v) is 17.4. The average molecular weight is 406 g/mol. The number of hydrogen-bond donors (Lipinski definition) is 1. The number of hydrogen-bond acceptors (Lipinski definition) is 4. The Kier molecular flexibility index (Phi) is 6.22. The van der Waals surface area contributed by atoms with E-state index >= 15 is 0 Å². The van der Waals surface area contributed by atoms with Crippen LogP contribution in [0, 0.1) is 5.92 Å². The van der Waals surface area contributed by atoms with Crippen LogP contribution in [-0.4, -0.2) is 18.0 Å². The summed E-state index contributed by atoms with van der Waals surface area (Å²) in [5.74, 6) is 0.0872. The van der Waals surface area contributed by atoms with E-state index in [9.17, 15) is 9.59 Å². The van der Waals surface area contributed by atoms with Crippen LogP contribution in [-0.2, 0) is 28.8 Å². The van der Waals surface area contributed by atoms with Gasteiger partial charge in [-0.3, -0.25) is 4.79 Å². The molecule has 1 heterocycles. The summed E-state index contributed by atoms with van der Waals surface area (Å²) < 4.78 is 5.44. The van der Waals surface area contributed by atoms with E-state index in [4.69, 9.17) is 16.3 Å². The first-order chi connectivity index (χ1) is 12.8. The lowest BCUT2D eigenvalue weighted by Gasteiger charge is -2.18. The van der Waals surface area contributed by atoms with E-state index in [1.807, 2.05) is 26.0 Å². The van der Waals surface area contributed by atoms with E-state index < -0.39 is 0 Å². The van der Waals surface area contributed by atoms with Gasteiger partial charge in [0.05, 0.1) is 18.1 Å². The number of amides is 1. The third-order valence-electron chi connectivity index (χ3n) is 4.59. The Bertz CT molecular complexity index is 842. The van der Waals surface area contributed by atoms with Gasteiger partial charge in [-0.15, -0.1) is 11.3 Å². The van der Waals surface area contributed by atoms with Gasteiger partial charge in [0.2, 0.25) is 5.91 Å². The van der Waals surface area contributed by atoms with Crippen molar-refractivity contribution in [2.45, 2.75) is 52.6 Å². The van der Waals surface area contributed by atoms with Gasteiger partial charge < -0.3 is 10.1 Å². The molecule has 6 heteroatoms. The first-order valence-corrected chi connectivity index (χ1v) is 10.4. The van der Waals surface area contributed by atoms with E-state index in [-0.39, 0.29) is 24.4 Å². The van der Waals surface area contributed by atoms with Crippen molar-refractivity contribution in [3.8, 4) is 0 Å². The minimum Gasteiger partial charge on any atom is -0.459 e. The molecule has 0 spiro atoms. The fraction of sp³-hybridized carbons (Fsp3) is 0.429. The van der Waals surface area contributed by atoms with E-state index in [0.29, 0.717) is 21.5 Å². The van der Waals surface area contributed by atoms with Gasteiger partial charge in [-0.25, -0.2) is 4.79 Å². The molecule has 0 radical (unpaired) electrons. The molecule has 2 aromatic rings. The number of ether oxygens (including phenoxy) is 1. The molecule has 0 aliphatic heterocycles. The van der Waals surface area contributed by atoms with Crippen LogP contribution in [0.5, 0.6) is 0 Å². The summed E-state index contributed by atoms with van der Waals surface area (Å²) in [7, 11) is 0. The second-order valence-electron chi connectivity index (χ2n) is 7.36. The van der Waals surface area contributed by atoms with Crippen molar-refractivity contribution in [3.05, 3.63) is 50.9 Å². The fourth-order valence-electron chi connectivity index (χ4n) is 3.29. The summed E-state index contributed by atoms with van der Waals surface area (Å²) in [6.45, 7) is 5.88. The second kappa shape index (κ2) is 8.44. The Morgan fingerprint density at radius 1 is 1.30 bits per heavy atom. The van der Waals surface area contributed by atoms with Crippen molar-refractivity contribution in [3.63, 3.8) is 0 Å². The highest BCUT2D eigenvalue weighted by Gasteiger charge is 2.29. The summed E-state index contributed by atoms with van der Waals surface area (Å²) >= 11 is 7.40. The van der Waals surface area contributed by atoms with Crippen LogP contribution in [0.15, 0.2) is 24.3 Å². The molecule has 1 aliphatic rings. The Morgan fingerprint density at radius 3 is 2.67 bits per heavy atom. The van der Waals surface area contributed by atoms with Crippen LogP contribution in [0.1, 0.15) is 53.6 Å². The van der Waals surface area contributed by atoms with Gasteiger partial charge in [-0.1, -0.05) is 30.7 Å². The third kappa shape index (κ3) is 4.90. The molecule has 144 valence electrons. The molecule has 1 aliphatic carbocycles. The lowest BCUT2D eigenvalue weighted by Crippen LogP contribution is -2.19. The monoisotopic (exact) mass is 405 g/mol. The Balaban J connectivity index is 1.83. The molecule has 4 nitrogen and oxygen atoms in total. The number of anilines is 1. The third-order valence-corrected chi connectivity index (χ3v) is 6.01. The first kappa shape index (κ1) is 19.9. The lowest BCUT2D eigenvalue weighted by molar-refractivity contribution is -0.115. The molecule has 1 aromatic heterocycles. The topological polar surface area (TPSA) is 55.4 Å². The lowest BCUT2D eigenvalue weighted by atomic mass is 9.88. The number of halogens is 1. The maximum atomic E-state index is 12.7. The van der Waals surface area contributed by atoms with Crippen LogP contribution in [0.25, 0.3) is 0 Å². The predicted octanol–water partition coefficient (Wildman–Crippen LogP) is 5.27. The molecule has 0 bridgehead atoms. The average Bonchev–Trinajstić information content (AvgIpc) is 2.93. The van der Waals surface area contributed by atoms with Crippen LogP contribution in [0.4, 0.5) is 5.00 Å². The van der Waals surface area contributed by atoms with Crippen molar-refractivity contribution in [2.75, 3.05) is 5.32 Å². The van der Waals surface area contributed by atoms with Crippen LogP contribution >= 0.6 is 22.9 Å². The fourth-order valence-corrected chi connectivity index (χ4v) is 4.83. The SMILES string of the molecule is CC1CCc2c(sc(NC(=O)Cc3ccc(Cl)cc3)c2C(=O)OC(C)C)C1. The highest BCUT2D eigenvalue weighted by atomic mass is 35.5. The van der Waals surface area contributed by atoms with E-state index in [1.54, 1.807) is 12.1 Å². The first-order valence-electron chi connectivity index (χ1n) is 9.23. The molecular weight excluding hydrogens is 382 g/mol. The number of esters is 1. The van der Waals surface area contributed by atoms with Crippen molar-refractivity contribution < 1.29 is 14.3 Å². The van der Waals surface area contributed by atoms with Gasteiger partial charge in [0.15, 0.2) is 0 Å². The molecule has 1 unspecified atom stereocenters. The Morgan fingerprint density at radius 2 is 2.00 bits per heavy atom. The predicted molar refractivity (Wildman–Crippen MR) is 110 cm³/mol. The number of benzene rings is 1.